The average Bonchev–Trinajstić information content (AvgIpc) is 3.42. The smallest absolute Gasteiger partial charge is 0.272 e. The number of aromatic nitrogens is 1. The van der Waals surface area contributed by atoms with Gasteiger partial charge in [0, 0.05) is 45.0 Å². The van der Waals surface area contributed by atoms with E-state index in [0.717, 1.165) is 83.5 Å². The molecule has 6 heteroatoms. The summed E-state index contributed by atoms with van der Waals surface area (Å²) in [6.07, 6.45) is 6.53. The summed E-state index contributed by atoms with van der Waals surface area (Å²) in [6, 6.07) is 3.76. The molecule has 0 atom stereocenters. The van der Waals surface area contributed by atoms with Gasteiger partial charge >= 0.3 is 0 Å². The Balaban J connectivity index is 1.66. The molecule has 4 rings (SSSR count). The number of nitrogens with zero attached hydrogens (tertiary/aromatic N) is 4. The zero-order valence-corrected chi connectivity index (χ0v) is 14.7. The van der Waals surface area contributed by atoms with E-state index in [9.17, 15) is 9.59 Å². The lowest BCUT2D eigenvalue weighted by atomic mass is 10.2. The molecule has 0 radical (unpaired) electrons. The highest BCUT2D eigenvalue weighted by Gasteiger charge is 2.26. The molecule has 3 aliphatic heterocycles. The number of anilines is 1. The van der Waals surface area contributed by atoms with Gasteiger partial charge < -0.3 is 14.7 Å². The highest BCUT2D eigenvalue weighted by molar-refractivity contribution is 5.98. The Kier molecular flexibility index (Phi) is 4.59. The molecule has 0 aromatic carbocycles. The SMILES string of the molecule is O=C(c1cc(N2CCCC2)cc(C(=O)N2CCCC2)n1)N1CCCC1. The molecule has 0 saturated carbocycles. The van der Waals surface area contributed by atoms with Gasteiger partial charge in [-0.2, -0.15) is 0 Å². The molecule has 134 valence electrons. The topological polar surface area (TPSA) is 56.8 Å². The van der Waals surface area contributed by atoms with E-state index >= 15 is 0 Å². The Morgan fingerprint density at radius 3 is 1.52 bits per heavy atom. The van der Waals surface area contributed by atoms with Crippen LogP contribution in [0.15, 0.2) is 12.1 Å². The highest BCUT2D eigenvalue weighted by atomic mass is 16.2. The van der Waals surface area contributed by atoms with Gasteiger partial charge in [0.15, 0.2) is 0 Å². The van der Waals surface area contributed by atoms with Crippen LogP contribution in [-0.2, 0) is 0 Å². The minimum atomic E-state index is -0.0333. The molecule has 3 fully saturated rings. The molecule has 6 nitrogen and oxygen atoms in total. The summed E-state index contributed by atoms with van der Waals surface area (Å²) >= 11 is 0. The van der Waals surface area contributed by atoms with Gasteiger partial charge in [0.05, 0.1) is 0 Å². The number of amides is 2. The van der Waals surface area contributed by atoms with Crippen molar-refractivity contribution in [2.45, 2.75) is 38.5 Å². The quantitative estimate of drug-likeness (QED) is 0.845. The van der Waals surface area contributed by atoms with E-state index in [1.807, 2.05) is 21.9 Å². The fraction of sp³-hybridized carbons (Fsp3) is 0.632. The van der Waals surface area contributed by atoms with E-state index < -0.39 is 0 Å². The van der Waals surface area contributed by atoms with E-state index in [4.69, 9.17) is 0 Å². The van der Waals surface area contributed by atoms with Gasteiger partial charge in [-0.15, -0.1) is 0 Å². The van der Waals surface area contributed by atoms with Crippen molar-refractivity contribution < 1.29 is 9.59 Å². The third-order valence-corrected chi connectivity index (χ3v) is 5.51. The van der Waals surface area contributed by atoms with E-state index in [1.54, 1.807) is 0 Å². The second-order valence-corrected chi connectivity index (χ2v) is 7.29. The summed E-state index contributed by atoms with van der Waals surface area (Å²) in [5, 5.41) is 0. The molecular weight excluding hydrogens is 316 g/mol. The van der Waals surface area contributed by atoms with Crippen LogP contribution in [0, 0.1) is 0 Å². The van der Waals surface area contributed by atoms with Crippen molar-refractivity contribution in [2.24, 2.45) is 0 Å². The molecule has 0 aliphatic carbocycles. The van der Waals surface area contributed by atoms with Crippen LogP contribution in [0.25, 0.3) is 0 Å². The van der Waals surface area contributed by atoms with Gasteiger partial charge in [-0.3, -0.25) is 9.59 Å². The first-order chi connectivity index (χ1) is 12.2. The first kappa shape index (κ1) is 16.4. The van der Waals surface area contributed by atoms with Crippen molar-refractivity contribution >= 4 is 17.5 Å². The fourth-order valence-corrected chi connectivity index (χ4v) is 4.06. The monoisotopic (exact) mass is 342 g/mol. The maximum atomic E-state index is 12.8. The molecule has 4 heterocycles. The minimum absolute atomic E-state index is 0.0333. The third-order valence-electron chi connectivity index (χ3n) is 5.51. The van der Waals surface area contributed by atoms with Crippen LogP contribution in [0.2, 0.25) is 0 Å². The summed E-state index contributed by atoms with van der Waals surface area (Å²) in [5.74, 6) is -0.0666. The number of hydrogen-bond acceptors (Lipinski definition) is 4. The standard InChI is InChI=1S/C19H26N4O2/c24-18(22-9-3-4-10-22)16-13-15(21-7-1-2-8-21)14-17(20-16)19(25)23-11-5-6-12-23/h13-14H,1-12H2. The van der Waals surface area contributed by atoms with E-state index in [1.165, 1.54) is 0 Å². The van der Waals surface area contributed by atoms with E-state index in [2.05, 4.69) is 9.88 Å². The lowest BCUT2D eigenvalue weighted by Gasteiger charge is -2.22. The van der Waals surface area contributed by atoms with Gasteiger partial charge in [0.1, 0.15) is 11.4 Å². The zero-order chi connectivity index (χ0) is 17.2. The van der Waals surface area contributed by atoms with Crippen molar-refractivity contribution in [2.75, 3.05) is 44.2 Å². The lowest BCUT2D eigenvalue weighted by molar-refractivity contribution is 0.0780. The predicted octanol–water partition coefficient (Wildman–Crippen LogP) is 2.15. The Hall–Kier alpha value is -2.11. The highest BCUT2D eigenvalue weighted by Crippen LogP contribution is 2.24. The van der Waals surface area contributed by atoms with Crippen LogP contribution < -0.4 is 4.90 Å². The Bertz CT molecular complexity index is 611. The number of carbonyl (C=O) groups is 2. The second-order valence-electron chi connectivity index (χ2n) is 7.29. The first-order valence-electron chi connectivity index (χ1n) is 9.58. The molecule has 2 amide bonds. The maximum absolute atomic E-state index is 12.8. The van der Waals surface area contributed by atoms with Crippen molar-refractivity contribution in [1.29, 1.82) is 0 Å². The van der Waals surface area contributed by atoms with Crippen LogP contribution >= 0.6 is 0 Å². The lowest BCUT2D eigenvalue weighted by Crippen LogP contribution is -2.32. The van der Waals surface area contributed by atoms with Crippen molar-refractivity contribution in [3.05, 3.63) is 23.5 Å². The van der Waals surface area contributed by atoms with E-state index in [0.29, 0.717) is 11.4 Å². The number of rotatable bonds is 3. The Labute approximate surface area is 148 Å². The number of carbonyl (C=O) groups excluding carboxylic acids is 2. The molecular formula is C19H26N4O2. The first-order valence-corrected chi connectivity index (χ1v) is 9.58. The minimum Gasteiger partial charge on any atom is -0.371 e. The predicted molar refractivity (Wildman–Crippen MR) is 96.0 cm³/mol. The molecule has 0 unspecified atom stereocenters. The molecule has 1 aromatic rings. The largest absolute Gasteiger partial charge is 0.371 e. The van der Waals surface area contributed by atoms with Crippen LogP contribution in [0.5, 0.6) is 0 Å². The van der Waals surface area contributed by atoms with Crippen LogP contribution in [0.3, 0.4) is 0 Å². The number of pyridine rings is 1. The van der Waals surface area contributed by atoms with Crippen LogP contribution in [-0.4, -0.2) is 65.9 Å². The molecule has 3 saturated heterocycles. The van der Waals surface area contributed by atoms with Gasteiger partial charge in [0.2, 0.25) is 0 Å². The third kappa shape index (κ3) is 3.34. The van der Waals surface area contributed by atoms with Gasteiger partial charge in [-0.05, 0) is 50.7 Å². The summed E-state index contributed by atoms with van der Waals surface area (Å²) in [5.41, 5.74) is 1.82. The van der Waals surface area contributed by atoms with Gasteiger partial charge in [0.25, 0.3) is 11.8 Å². The van der Waals surface area contributed by atoms with Gasteiger partial charge in [-0.1, -0.05) is 0 Å². The maximum Gasteiger partial charge on any atom is 0.272 e. The summed E-state index contributed by atoms with van der Waals surface area (Å²) in [7, 11) is 0. The normalized spacial score (nSPS) is 20.6. The van der Waals surface area contributed by atoms with Crippen LogP contribution in [0.1, 0.15) is 59.5 Å². The molecule has 25 heavy (non-hydrogen) atoms. The fourth-order valence-electron chi connectivity index (χ4n) is 4.06. The molecule has 0 spiro atoms. The number of hydrogen-bond donors (Lipinski definition) is 0. The number of likely N-dealkylation sites (tertiary alicyclic amines) is 2. The van der Waals surface area contributed by atoms with Crippen molar-refractivity contribution in [3.8, 4) is 0 Å². The van der Waals surface area contributed by atoms with Crippen molar-refractivity contribution in [3.63, 3.8) is 0 Å². The zero-order valence-electron chi connectivity index (χ0n) is 14.7. The summed E-state index contributed by atoms with van der Waals surface area (Å²) < 4.78 is 0. The van der Waals surface area contributed by atoms with Crippen LogP contribution in [0.4, 0.5) is 5.69 Å². The van der Waals surface area contributed by atoms with Crippen molar-refractivity contribution in [1.82, 2.24) is 14.8 Å². The summed E-state index contributed by atoms with van der Waals surface area (Å²) in [4.78, 5) is 36.1. The van der Waals surface area contributed by atoms with E-state index in [-0.39, 0.29) is 11.8 Å². The molecule has 3 aliphatic rings. The second kappa shape index (κ2) is 7.02. The molecule has 0 bridgehead atoms. The Morgan fingerprint density at radius 2 is 1.08 bits per heavy atom. The molecule has 1 aromatic heterocycles. The molecule has 0 N–H and O–H groups in total. The summed E-state index contributed by atoms with van der Waals surface area (Å²) in [6.45, 7) is 5.15. The Morgan fingerprint density at radius 1 is 0.680 bits per heavy atom. The average molecular weight is 342 g/mol. The van der Waals surface area contributed by atoms with Gasteiger partial charge in [-0.25, -0.2) is 4.98 Å².